The SMILES string of the molecule is CCOc1ccc(N2C[C@@H](C(=O)N3CCN(C)CC3)CC2=O)cc1. The molecule has 2 aliphatic rings. The van der Waals surface area contributed by atoms with Crippen molar-refractivity contribution in [1.29, 1.82) is 0 Å². The van der Waals surface area contributed by atoms with Gasteiger partial charge in [-0.25, -0.2) is 0 Å². The molecular formula is C18H25N3O3. The zero-order valence-corrected chi connectivity index (χ0v) is 14.4. The lowest BCUT2D eigenvalue weighted by molar-refractivity contribution is -0.137. The topological polar surface area (TPSA) is 53.1 Å². The van der Waals surface area contributed by atoms with E-state index in [1.807, 2.05) is 36.1 Å². The van der Waals surface area contributed by atoms with Crippen LogP contribution in [0.1, 0.15) is 13.3 Å². The maximum atomic E-state index is 12.7. The van der Waals surface area contributed by atoms with Crippen molar-refractivity contribution < 1.29 is 14.3 Å². The van der Waals surface area contributed by atoms with E-state index in [4.69, 9.17) is 4.74 Å². The van der Waals surface area contributed by atoms with Crippen molar-refractivity contribution in [2.45, 2.75) is 13.3 Å². The number of rotatable bonds is 4. The maximum absolute atomic E-state index is 12.7. The molecule has 6 heteroatoms. The Bertz CT molecular complexity index is 594. The van der Waals surface area contributed by atoms with Crippen molar-refractivity contribution in [3.63, 3.8) is 0 Å². The third-order valence-corrected chi connectivity index (χ3v) is 4.75. The number of benzene rings is 1. The van der Waals surface area contributed by atoms with Crippen LogP contribution < -0.4 is 9.64 Å². The zero-order chi connectivity index (χ0) is 17.1. The molecule has 0 aromatic heterocycles. The summed E-state index contributed by atoms with van der Waals surface area (Å²) >= 11 is 0. The molecule has 0 N–H and O–H groups in total. The first-order valence-electron chi connectivity index (χ1n) is 8.59. The standard InChI is InChI=1S/C18H25N3O3/c1-3-24-16-6-4-15(5-7-16)21-13-14(12-17(21)22)18(23)20-10-8-19(2)9-11-20/h4-7,14H,3,8-13H2,1-2H3/t14-/m0/s1. The maximum Gasteiger partial charge on any atom is 0.228 e. The highest BCUT2D eigenvalue weighted by Crippen LogP contribution is 2.28. The Hall–Kier alpha value is -2.08. The Morgan fingerprint density at radius 3 is 2.46 bits per heavy atom. The molecule has 2 aliphatic heterocycles. The summed E-state index contributed by atoms with van der Waals surface area (Å²) < 4.78 is 5.43. The zero-order valence-electron chi connectivity index (χ0n) is 14.4. The van der Waals surface area contributed by atoms with Gasteiger partial charge in [0.15, 0.2) is 0 Å². The number of ether oxygens (including phenoxy) is 1. The first-order chi connectivity index (χ1) is 11.6. The Kier molecular flexibility index (Phi) is 5.04. The Labute approximate surface area is 143 Å². The number of likely N-dealkylation sites (N-methyl/N-ethyl adjacent to an activating group) is 1. The predicted octanol–water partition coefficient (Wildman–Crippen LogP) is 1.21. The van der Waals surface area contributed by atoms with Crippen molar-refractivity contribution >= 4 is 17.5 Å². The van der Waals surface area contributed by atoms with Gasteiger partial charge in [-0.15, -0.1) is 0 Å². The van der Waals surface area contributed by atoms with E-state index in [0.717, 1.165) is 37.6 Å². The first kappa shape index (κ1) is 16.8. The summed E-state index contributed by atoms with van der Waals surface area (Å²) in [7, 11) is 2.06. The summed E-state index contributed by atoms with van der Waals surface area (Å²) in [5, 5.41) is 0. The summed E-state index contributed by atoms with van der Waals surface area (Å²) in [6, 6.07) is 7.49. The second-order valence-corrected chi connectivity index (χ2v) is 6.46. The summed E-state index contributed by atoms with van der Waals surface area (Å²) in [6.45, 7) is 6.32. The van der Waals surface area contributed by atoms with Crippen molar-refractivity contribution in [2.75, 3.05) is 51.3 Å². The molecule has 0 bridgehead atoms. The van der Waals surface area contributed by atoms with Crippen molar-refractivity contribution in [1.82, 2.24) is 9.80 Å². The fraction of sp³-hybridized carbons (Fsp3) is 0.556. The smallest absolute Gasteiger partial charge is 0.228 e. The van der Waals surface area contributed by atoms with E-state index in [9.17, 15) is 9.59 Å². The van der Waals surface area contributed by atoms with Gasteiger partial charge < -0.3 is 19.4 Å². The summed E-state index contributed by atoms with van der Waals surface area (Å²) in [6.07, 6.45) is 0.304. The number of nitrogens with zero attached hydrogens (tertiary/aromatic N) is 3. The average Bonchev–Trinajstić information content (AvgIpc) is 2.98. The molecule has 3 rings (SSSR count). The lowest BCUT2D eigenvalue weighted by Crippen LogP contribution is -2.49. The lowest BCUT2D eigenvalue weighted by atomic mass is 10.1. The highest BCUT2D eigenvalue weighted by molar-refractivity contribution is 6.00. The van der Waals surface area contributed by atoms with Gasteiger partial charge in [0, 0.05) is 44.8 Å². The van der Waals surface area contributed by atoms with Crippen LogP contribution in [-0.2, 0) is 9.59 Å². The third kappa shape index (κ3) is 3.53. The second-order valence-electron chi connectivity index (χ2n) is 6.46. The number of carbonyl (C=O) groups excluding carboxylic acids is 2. The molecule has 0 radical (unpaired) electrons. The highest BCUT2D eigenvalue weighted by Gasteiger charge is 2.37. The molecule has 2 fully saturated rings. The van der Waals surface area contributed by atoms with Gasteiger partial charge in [0.05, 0.1) is 12.5 Å². The minimum Gasteiger partial charge on any atom is -0.494 e. The molecular weight excluding hydrogens is 306 g/mol. The van der Waals surface area contributed by atoms with Gasteiger partial charge >= 0.3 is 0 Å². The molecule has 6 nitrogen and oxygen atoms in total. The molecule has 0 aliphatic carbocycles. The minimum atomic E-state index is -0.229. The largest absolute Gasteiger partial charge is 0.494 e. The van der Waals surface area contributed by atoms with Crippen LogP contribution in [0.3, 0.4) is 0 Å². The number of anilines is 1. The van der Waals surface area contributed by atoms with E-state index in [0.29, 0.717) is 19.6 Å². The number of piperazine rings is 1. The molecule has 1 atom stereocenters. The van der Waals surface area contributed by atoms with Gasteiger partial charge in [-0.2, -0.15) is 0 Å². The molecule has 24 heavy (non-hydrogen) atoms. The fourth-order valence-corrected chi connectivity index (χ4v) is 3.30. The molecule has 1 aromatic rings. The lowest BCUT2D eigenvalue weighted by Gasteiger charge is -2.33. The predicted molar refractivity (Wildman–Crippen MR) is 92.1 cm³/mol. The van der Waals surface area contributed by atoms with E-state index in [-0.39, 0.29) is 17.7 Å². The van der Waals surface area contributed by atoms with E-state index in [1.165, 1.54) is 0 Å². The normalized spacial score (nSPS) is 22.1. The van der Waals surface area contributed by atoms with Crippen molar-refractivity contribution in [3.8, 4) is 5.75 Å². The van der Waals surface area contributed by atoms with E-state index in [1.54, 1.807) is 4.90 Å². The van der Waals surface area contributed by atoms with E-state index >= 15 is 0 Å². The highest BCUT2D eigenvalue weighted by atomic mass is 16.5. The molecule has 2 heterocycles. The van der Waals surface area contributed by atoms with Gasteiger partial charge in [-0.3, -0.25) is 9.59 Å². The molecule has 2 saturated heterocycles. The van der Waals surface area contributed by atoms with Crippen LogP contribution in [0.25, 0.3) is 0 Å². The first-order valence-corrected chi connectivity index (χ1v) is 8.59. The minimum absolute atomic E-state index is 0.0200. The Morgan fingerprint density at radius 2 is 1.83 bits per heavy atom. The molecule has 2 amide bonds. The van der Waals surface area contributed by atoms with Crippen LogP contribution in [-0.4, -0.2) is 68.0 Å². The van der Waals surface area contributed by atoms with Gasteiger partial charge in [0.2, 0.25) is 11.8 Å². The molecule has 130 valence electrons. The van der Waals surface area contributed by atoms with Crippen LogP contribution in [0.15, 0.2) is 24.3 Å². The van der Waals surface area contributed by atoms with Crippen LogP contribution in [0.5, 0.6) is 5.75 Å². The summed E-state index contributed by atoms with van der Waals surface area (Å²) in [4.78, 5) is 30.9. The monoisotopic (exact) mass is 331 g/mol. The third-order valence-electron chi connectivity index (χ3n) is 4.75. The Morgan fingerprint density at radius 1 is 1.17 bits per heavy atom. The number of amides is 2. The van der Waals surface area contributed by atoms with Gasteiger partial charge in [0.1, 0.15) is 5.75 Å². The number of hydrogen-bond acceptors (Lipinski definition) is 4. The number of carbonyl (C=O) groups is 2. The van der Waals surface area contributed by atoms with Gasteiger partial charge in [0.25, 0.3) is 0 Å². The van der Waals surface area contributed by atoms with Gasteiger partial charge in [-0.05, 0) is 38.2 Å². The van der Waals surface area contributed by atoms with E-state index < -0.39 is 0 Å². The summed E-state index contributed by atoms with van der Waals surface area (Å²) in [5.41, 5.74) is 0.831. The molecule has 1 aromatic carbocycles. The second kappa shape index (κ2) is 7.21. The quantitative estimate of drug-likeness (QED) is 0.832. The van der Waals surface area contributed by atoms with E-state index in [2.05, 4.69) is 11.9 Å². The van der Waals surface area contributed by atoms with Crippen molar-refractivity contribution in [2.24, 2.45) is 5.92 Å². The van der Waals surface area contributed by atoms with Crippen LogP contribution in [0, 0.1) is 5.92 Å². The molecule has 0 unspecified atom stereocenters. The fourth-order valence-electron chi connectivity index (χ4n) is 3.30. The average molecular weight is 331 g/mol. The summed E-state index contributed by atoms with van der Waals surface area (Å²) in [5.74, 6) is 0.696. The van der Waals surface area contributed by atoms with Crippen LogP contribution in [0.2, 0.25) is 0 Å². The van der Waals surface area contributed by atoms with Crippen LogP contribution >= 0.6 is 0 Å². The molecule has 0 spiro atoms. The van der Waals surface area contributed by atoms with Gasteiger partial charge in [-0.1, -0.05) is 0 Å². The van der Waals surface area contributed by atoms with Crippen LogP contribution in [0.4, 0.5) is 5.69 Å². The molecule has 0 saturated carbocycles. The van der Waals surface area contributed by atoms with Crippen molar-refractivity contribution in [3.05, 3.63) is 24.3 Å². The number of hydrogen-bond donors (Lipinski definition) is 0. The Balaban J connectivity index is 1.63.